The molecule has 0 aromatic heterocycles. The third-order valence-corrected chi connectivity index (χ3v) is 7.51. The van der Waals surface area contributed by atoms with Gasteiger partial charge in [0.15, 0.2) is 6.10 Å². The van der Waals surface area contributed by atoms with E-state index in [0.29, 0.717) is 11.8 Å². The summed E-state index contributed by atoms with van der Waals surface area (Å²) in [5.74, 6) is 0.0479. The molecule has 0 unspecified atom stereocenters. The first kappa shape index (κ1) is 19.9. The van der Waals surface area contributed by atoms with Crippen molar-refractivity contribution in [3.05, 3.63) is 34.9 Å². The van der Waals surface area contributed by atoms with Crippen LogP contribution < -0.4 is 11.1 Å². The molecule has 4 saturated carbocycles. The van der Waals surface area contributed by atoms with Gasteiger partial charge >= 0.3 is 12.0 Å². The Bertz CT molecular complexity index is 864. The summed E-state index contributed by atoms with van der Waals surface area (Å²) in [4.78, 5) is 36.2. The number of rotatable bonds is 4. The second-order valence-corrected chi connectivity index (χ2v) is 9.72. The average molecular weight is 399 g/mol. The van der Waals surface area contributed by atoms with Crippen LogP contribution >= 0.6 is 0 Å². The summed E-state index contributed by atoms with van der Waals surface area (Å²) in [6.07, 6.45) is 4.83. The van der Waals surface area contributed by atoms with Crippen LogP contribution in [0.5, 0.6) is 0 Å². The first-order chi connectivity index (χ1) is 13.6. The molecular formula is C23H30N2O4. The number of hydrogen-bond acceptors (Lipinski definition) is 4. The molecule has 1 aromatic rings. The van der Waals surface area contributed by atoms with Crippen LogP contribution in [0, 0.1) is 31.1 Å². The molecule has 1 aromatic carbocycles. The van der Waals surface area contributed by atoms with Crippen molar-refractivity contribution < 1.29 is 19.1 Å². The summed E-state index contributed by atoms with van der Waals surface area (Å²) >= 11 is 0. The van der Waals surface area contributed by atoms with E-state index in [2.05, 4.69) is 32.0 Å². The number of nitrogens with one attached hydrogen (secondary N) is 1. The first-order valence-corrected chi connectivity index (χ1v) is 10.5. The Morgan fingerprint density at radius 1 is 1.10 bits per heavy atom. The highest BCUT2D eigenvalue weighted by Crippen LogP contribution is 2.66. The van der Waals surface area contributed by atoms with E-state index in [1.807, 2.05) is 5.32 Å². The van der Waals surface area contributed by atoms with Crippen LogP contribution in [0.4, 0.5) is 4.79 Å². The second-order valence-electron chi connectivity index (χ2n) is 9.72. The predicted molar refractivity (Wildman–Crippen MR) is 108 cm³/mol. The average Bonchev–Trinajstić information content (AvgIpc) is 2.62. The minimum absolute atomic E-state index is 0.0142. The Morgan fingerprint density at radius 2 is 1.76 bits per heavy atom. The number of nitrogens with two attached hydrogens (primary N) is 1. The van der Waals surface area contributed by atoms with E-state index >= 15 is 0 Å². The van der Waals surface area contributed by atoms with E-state index in [9.17, 15) is 14.4 Å². The number of urea groups is 1. The van der Waals surface area contributed by atoms with E-state index in [1.165, 1.54) is 30.0 Å². The number of carbonyl (C=O) groups is 3. The molecule has 0 spiro atoms. The lowest BCUT2D eigenvalue weighted by Crippen LogP contribution is -2.57. The summed E-state index contributed by atoms with van der Waals surface area (Å²) in [5.41, 5.74) is 8.38. The van der Waals surface area contributed by atoms with Gasteiger partial charge in [-0.3, -0.25) is 14.9 Å². The zero-order valence-corrected chi connectivity index (χ0v) is 17.4. The van der Waals surface area contributed by atoms with Crippen molar-refractivity contribution in [3.8, 4) is 0 Å². The molecule has 4 aliphatic rings. The van der Waals surface area contributed by atoms with Gasteiger partial charge in [-0.05, 0) is 93.2 Å². The molecule has 6 nitrogen and oxygen atoms in total. The number of amides is 3. The molecule has 5 rings (SSSR count). The largest absolute Gasteiger partial charge is 0.452 e. The maximum Gasteiger partial charge on any atom is 0.318 e. The molecule has 0 radical (unpaired) electrons. The minimum Gasteiger partial charge on any atom is -0.452 e. The normalized spacial score (nSPS) is 33.2. The van der Waals surface area contributed by atoms with E-state index < -0.39 is 23.5 Å². The topological polar surface area (TPSA) is 98.5 Å². The third-order valence-electron chi connectivity index (χ3n) is 7.51. The second kappa shape index (κ2) is 6.85. The van der Waals surface area contributed by atoms with Crippen LogP contribution in [0.3, 0.4) is 0 Å². The number of hydrogen-bond donors (Lipinski definition) is 2. The lowest BCUT2D eigenvalue weighted by molar-refractivity contribution is -0.180. The smallest absolute Gasteiger partial charge is 0.318 e. The van der Waals surface area contributed by atoms with Crippen LogP contribution in [-0.2, 0) is 19.7 Å². The Labute approximate surface area is 171 Å². The SMILES string of the molecule is Cc1ccc(C23C[C@H]4C[C@@H](CC(C(=O)O[C@H](C)C(=O)NC(N)=O)(C4)C2)C3)cc1C. The van der Waals surface area contributed by atoms with Gasteiger partial charge in [0, 0.05) is 0 Å². The highest BCUT2D eigenvalue weighted by Gasteiger charge is 2.61. The molecule has 0 aliphatic heterocycles. The van der Waals surface area contributed by atoms with Gasteiger partial charge in [0.25, 0.3) is 5.91 Å². The van der Waals surface area contributed by atoms with Crippen molar-refractivity contribution in [3.63, 3.8) is 0 Å². The maximum atomic E-state index is 13.3. The van der Waals surface area contributed by atoms with Crippen LogP contribution in [-0.4, -0.2) is 24.0 Å². The Hall–Kier alpha value is -2.37. The van der Waals surface area contributed by atoms with E-state index in [1.54, 1.807) is 0 Å². The zero-order valence-electron chi connectivity index (χ0n) is 17.4. The van der Waals surface area contributed by atoms with Gasteiger partial charge < -0.3 is 10.5 Å². The van der Waals surface area contributed by atoms with Crippen LogP contribution in [0.1, 0.15) is 62.1 Å². The van der Waals surface area contributed by atoms with Crippen LogP contribution in [0.2, 0.25) is 0 Å². The summed E-state index contributed by atoms with van der Waals surface area (Å²) < 4.78 is 5.56. The number of primary amides is 1. The van der Waals surface area contributed by atoms with E-state index in [4.69, 9.17) is 10.5 Å². The number of benzene rings is 1. The van der Waals surface area contributed by atoms with Gasteiger partial charge in [0.05, 0.1) is 5.41 Å². The van der Waals surface area contributed by atoms with Gasteiger partial charge in [0.1, 0.15) is 0 Å². The molecule has 4 aliphatic carbocycles. The number of imide groups is 1. The first-order valence-electron chi connectivity index (χ1n) is 10.5. The lowest BCUT2D eigenvalue weighted by Gasteiger charge is -2.61. The van der Waals surface area contributed by atoms with Gasteiger partial charge in [-0.1, -0.05) is 18.2 Å². The maximum absolute atomic E-state index is 13.3. The Balaban J connectivity index is 1.59. The van der Waals surface area contributed by atoms with Crippen molar-refractivity contribution >= 4 is 17.9 Å². The Kier molecular flexibility index (Phi) is 4.71. The predicted octanol–water partition coefficient (Wildman–Crippen LogP) is 3.27. The molecule has 4 fully saturated rings. The number of carbonyl (C=O) groups excluding carboxylic acids is 3. The Morgan fingerprint density at radius 3 is 2.34 bits per heavy atom. The molecule has 156 valence electrons. The van der Waals surface area contributed by atoms with Crippen LogP contribution in [0.25, 0.3) is 0 Å². The van der Waals surface area contributed by atoms with E-state index in [-0.39, 0.29) is 11.4 Å². The molecule has 6 heteroatoms. The minimum atomic E-state index is -1.04. The van der Waals surface area contributed by atoms with Gasteiger partial charge in [0.2, 0.25) is 0 Å². The molecule has 3 N–H and O–H groups in total. The summed E-state index contributed by atoms with van der Waals surface area (Å²) in [6.45, 7) is 5.74. The third kappa shape index (κ3) is 3.43. The molecule has 4 bridgehead atoms. The van der Waals surface area contributed by atoms with Crippen molar-refractivity contribution in [1.82, 2.24) is 5.32 Å². The molecule has 0 heterocycles. The molecule has 0 saturated heterocycles. The van der Waals surface area contributed by atoms with Crippen LogP contribution in [0.15, 0.2) is 18.2 Å². The number of aryl methyl sites for hydroxylation is 2. The summed E-state index contributed by atoms with van der Waals surface area (Å²) in [7, 11) is 0. The van der Waals surface area contributed by atoms with Gasteiger partial charge in [-0.15, -0.1) is 0 Å². The zero-order chi connectivity index (χ0) is 21.0. The highest BCUT2D eigenvalue weighted by molar-refractivity contribution is 5.96. The molecular weight excluding hydrogens is 368 g/mol. The number of esters is 1. The standard InChI is InChI=1S/C23H30N2O4/c1-13-4-5-18(6-14(13)2)22-8-16-7-17(9-22)11-23(10-16,12-22)20(27)29-15(3)19(26)25-21(24)28/h4-6,15-17H,7-12H2,1-3H3,(H3,24,25,26,28)/t15-,16-,17-,22?,23?/m1/s1. The molecule has 3 amide bonds. The molecule has 3 atom stereocenters. The molecule has 29 heavy (non-hydrogen) atoms. The fraction of sp³-hybridized carbons (Fsp3) is 0.609. The van der Waals surface area contributed by atoms with Crippen molar-refractivity contribution in [2.75, 3.05) is 0 Å². The lowest BCUT2D eigenvalue weighted by atomic mass is 9.43. The van der Waals surface area contributed by atoms with Crippen molar-refractivity contribution in [2.24, 2.45) is 23.0 Å². The fourth-order valence-corrected chi connectivity index (χ4v) is 6.47. The van der Waals surface area contributed by atoms with E-state index in [0.717, 1.165) is 32.1 Å². The van der Waals surface area contributed by atoms with Gasteiger partial charge in [-0.25, -0.2) is 4.79 Å². The summed E-state index contributed by atoms with van der Waals surface area (Å²) in [5, 5.41) is 1.99. The van der Waals surface area contributed by atoms with Crippen molar-refractivity contribution in [2.45, 2.75) is 70.8 Å². The highest BCUT2D eigenvalue weighted by atomic mass is 16.5. The fourth-order valence-electron chi connectivity index (χ4n) is 6.47. The van der Waals surface area contributed by atoms with Crippen molar-refractivity contribution in [1.29, 1.82) is 0 Å². The number of ether oxygens (including phenoxy) is 1. The quantitative estimate of drug-likeness (QED) is 0.761. The summed E-state index contributed by atoms with van der Waals surface area (Å²) in [6, 6.07) is 5.77. The monoisotopic (exact) mass is 398 g/mol. The van der Waals surface area contributed by atoms with Gasteiger partial charge in [-0.2, -0.15) is 0 Å².